The van der Waals surface area contributed by atoms with Crippen molar-refractivity contribution in [2.75, 3.05) is 31.3 Å². The fourth-order valence-electron chi connectivity index (χ4n) is 11.4. The zero-order valence-electron chi connectivity index (χ0n) is 38.3. The lowest BCUT2D eigenvalue weighted by molar-refractivity contribution is -0.0592. The van der Waals surface area contributed by atoms with Gasteiger partial charge < -0.3 is 23.7 Å². The molecule has 5 atom stereocenters. The number of aryl methyl sites for hydroxylation is 3. The van der Waals surface area contributed by atoms with E-state index in [0.717, 1.165) is 23.7 Å². The summed E-state index contributed by atoms with van der Waals surface area (Å²) in [4.78, 5) is 39.7. The summed E-state index contributed by atoms with van der Waals surface area (Å²) < 4.78 is 60.7. The summed E-state index contributed by atoms with van der Waals surface area (Å²) in [7, 11) is 1.75. The Hall–Kier alpha value is -6.82. The molecule has 67 heavy (non-hydrogen) atoms. The highest BCUT2D eigenvalue weighted by molar-refractivity contribution is 6.02. The molecule has 16 nitrogen and oxygen atoms in total. The Kier molecular flexibility index (Phi) is 9.06. The van der Waals surface area contributed by atoms with Crippen LogP contribution in [0.15, 0.2) is 63.0 Å². The molecule has 0 spiro atoms. The monoisotopic (exact) mass is 912 g/mol. The highest BCUT2D eigenvalue weighted by atomic mass is 19.1. The number of nitrogens with one attached hydrogen (secondary N) is 1. The maximum absolute atomic E-state index is 16.6. The SMILES string of the molecule is Cc1cc(-n2nc3c(c2/N=C2/OC[C@H]4COc5cc6c(cnn6C)c(F)c5N24)[C@H](C)N(C(=O)c2cc4cc([C@H]5CCOC(C)(C)C5)ccc4n2[C@@]2(c4noc(=O)[nH]4)C[C@@H]2C)CC3)cc(C)c1F. The number of aliphatic imine (C=N–C) groups is 1. The summed E-state index contributed by atoms with van der Waals surface area (Å²) in [6, 6.07) is 12.8. The fourth-order valence-corrected chi connectivity index (χ4v) is 11.4. The van der Waals surface area contributed by atoms with Crippen LogP contribution in [0.2, 0.25) is 0 Å². The van der Waals surface area contributed by atoms with Crippen molar-refractivity contribution in [1.82, 2.24) is 39.2 Å². The van der Waals surface area contributed by atoms with E-state index in [1.807, 2.05) is 22.5 Å². The maximum atomic E-state index is 16.6. The van der Waals surface area contributed by atoms with Gasteiger partial charge >= 0.3 is 5.76 Å². The number of amidine groups is 1. The average molecular weight is 913 g/mol. The van der Waals surface area contributed by atoms with Crippen molar-refractivity contribution in [3.8, 4) is 11.4 Å². The molecular formula is C49H50F2N10O6. The molecule has 0 radical (unpaired) electrons. The second-order valence-corrected chi connectivity index (χ2v) is 19.6. The Morgan fingerprint density at radius 3 is 2.49 bits per heavy atom. The van der Waals surface area contributed by atoms with Crippen molar-refractivity contribution in [3.63, 3.8) is 0 Å². The Bertz CT molecular complexity index is 3300. The van der Waals surface area contributed by atoms with Gasteiger partial charge in [0.15, 0.2) is 17.5 Å². The molecule has 7 aromatic rings. The van der Waals surface area contributed by atoms with Crippen molar-refractivity contribution >= 4 is 45.2 Å². The largest absolute Gasteiger partial charge is 0.489 e. The Morgan fingerprint density at radius 1 is 0.985 bits per heavy atom. The van der Waals surface area contributed by atoms with Crippen LogP contribution in [0.3, 0.4) is 0 Å². The third-order valence-electron chi connectivity index (χ3n) is 14.9. The average Bonchev–Trinajstić information content (AvgIpc) is 3.94. The predicted octanol–water partition coefficient (Wildman–Crippen LogP) is 7.79. The Morgan fingerprint density at radius 2 is 1.76 bits per heavy atom. The number of benzene rings is 3. The number of hydrogen-bond acceptors (Lipinski definition) is 10. The van der Waals surface area contributed by atoms with Gasteiger partial charge in [-0.05, 0) is 113 Å². The molecular weight excluding hydrogens is 863 g/mol. The van der Waals surface area contributed by atoms with Crippen LogP contribution in [0, 0.1) is 31.4 Å². The highest BCUT2D eigenvalue weighted by Crippen LogP contribution is 2.56. The van der Waals surface area contributed by atoms with Crippen LogP contribution in [0.4, 0.5) is 20.3 Å². The number of carbonyl (C=O) groups is 1. The molecule has 1 N–H and O–H groups in total. The molecule has 4 aromatic heterocycles. The van der Waals surface area contributed by atoms with E-state index in [-0.39, 0.29) is 60.1 Å². The normalized spacial score (nSPS) is 24.8. The minimum Gasteiger partial charge on any atom is -0.489 e. The highest BCUT2D eigenvalue weighted by Gasteiger charge is 2.59. The summed E-state index contributed by atoms with van der Waals surface area (Å²) in [5.41, 5.74) is 4.97. The number of amides is 1. The van der Waals surface area contributed by atoms with Crippen LogP contribution < -0.4 is 15.4 Å². The van der Waals surface area contributed by atoms with Gasteiger partial charge in [0.2, 0.25) is 0 Å². The second-order valence-electron chi connectivity index (χ2n) is 19.6. The maximum Gasteiger partial charge on any atom is 0.438 e. The molecule has 12 rings (SSSR count). The molecule has 0 unspecified atom stereocenters. The zero-order chi connectivity index (χ0) is 46.4. The van der Waals surface area contributed by atoms with E-state index in [0.29, 0.717) is 88.1 Å². The van der Waals surface area contributed by atoms with Gasteiger partial charge in [0.05, 0.1) is 40.1 Å². The van der Waals surface area contributed by atoms with Crippen molar-refractivity contribution in [3.05, 3.63) is 110 Å². The first-order valence-electron chi connectivity index (χ1n) is 23.0. The molecule has 1 saturated carbocycles. The molecule has 1 aliphatic carbocycles. The molecule has 3 fully saturated rings. The number of fused-ring (bicyclic) bond motifs is 6. The number of aromatic nitrogens is 7. The summed E-state index contributed by atoms with van der Waals surface area (Å²) in [5, 5.41) is 14.8. The number of carbonyl (C=O) groups excluding carboxylic acids is 1. The first kappa shape index (κ1) is 41.6. The number of rotatable bonds is 6. The summed E-state index contributed by atoms with van der Waals surface area (Å²) >= 11 is 0. The molecule has 5 aliphatic rings. The van der Waals surface area contributed by atoms with E-state index < -0.39 is 23.2 Å². The van der Waals surface area contributed by atoms with Crippen molar-refractivity contribution in [2.24, 2.45) is 18.0 Å². The number of aromatic amines is 1. The third kappa shape index (κ3) is 6.23. The standard InChI is InChI=1S/C49H50F2N10O6/c1-24-14-31(15-25(2)40(24)50)61-43(53-46-59-32(23-65-46)22-64-38-18-36-33(21-52-57(36)7)41(51)42(38)59)39-27(4)58(12-10-34(39)55-61)44(62)37-17-30-16-28(29-11-13-66-48(5,6)20-29)8-9-35(30)60(37)49(19-26(49)3)45-54-47(63)67-56-45/h8-9,14-18,21,26-27,29,32H,10-13,19-20,22-23H2,1-7H3,(H,54,56,63)/b53-46+/t26-,27-,29-,32+,49-/m0/s1. The van der Waals surface area contributed by atoms with Crippen LogP contribution in [-0.2, 0) is 28.5 Å². The van der Waals surface area contributed by atoms with E-state index >= 15 is 13.6 Å². The van der Waals surface area contributed by atoms with E-state index in [1.54, 1.807) is 53.4 Å². The van der Waals surface area contributed by atoms with Crippen molar-refractivity contribution in [1.29, 1.82) is 0 Å². The Labute approximate surface area is 383 Å². The van der Waals surface area contributed by atoms with Gasteiger partial charge in [-0.2, -0.15) is 15.2 Å². The lowest BCUT2D eigenvalue weighted by atomic mass is 9.83. The number of hydrogen-bond donors (Lipinski definition) is 1. The Balaban J connectivity index is 0.996. The van der Waals surface area contributed by atoms with E-state index in [9.17, 15) is 4.79 Å². The molecule has 1 amide bonds. The predicted molar refractivity (Wildman–Crippen MR) is 244 cm³/mol. The van der Waals surface area contributed by atoms with Crippen LogP contribution in [0.1, 0.15) is 103 Å². The molecule has 0 bridgehead atoms. The van der Waals surface area contributed by atoms with Gasteiger partial charge in [-0.15, -0.1) is 0 Å². The van der Waals surface area contributed by atoms with Crippen LogP contribution in [0.5, 0.6) is 5.75 Å². The van der Waals surface area contributed by atoms with Gasteiger partial charge in [0.1, 0.15) is 47.7 Å². The number of nitrogens with zero attached hydrogens (tertiary/aromatic N) is 9. The van der Waals surface area contributed by atoms with Crippen molar-refractivity contribution < 1.29 is 32.3 Å². The van der Waals surface area contributed by atoms with Crippen LogP contribution >= 0.6 is 0 Å². The number of H-pyrrole nitrogens is 1. The van der Waals surface area contributed by atoms with Crippen LogP contribution in [-0.4, -0.2) is 89.1 Å². The van der Waals surface area contributed by atoms with Crippen molar-refractivity contribution in [2.45, 2.75) is 96.4 Å². The van der Waals surface area contributed by atoms with Gasteiger partial charge in [-0.25, -0.2) is 18.3 Å². The topological polar surface area (TPSA) is 163 Å². The van der Waals surface area contributed by atoms with Gasteiger partial charge in [-0.1, -0.05) is 18.1 Å². The number of ether oxygens (including phenoxy) is 3. The molecule has 4 aliphatic heterocycles. The van der Waals surface area contributed by atoms with Gasteiger partial charge in [0, 0.05) is 49.2 Å². The van der Waals surface area contributed by atoms with Gasteiger partial charge in [0.25, 0.3) is 11.9 Å². The quantitative estimate of drug-likeness (QED) is 0.174. The minimum absolute atomic E-state index is 0.0136. The molecule has 2 saturated heterocycles. The second kappa shape index (κ2) is 14.6. The molecule has 3 aromatic carbocycles. The first-order valence-corrected chi connectivity index (χ1v) is 23.0. The first-order chi connectivity index (χ1) is 32.1. The molecule has 18 heteroatoms. The summed E-state index contributed by atoms with van der Waals surface area (Å²) in [6.45, 7) is 13.1. The number of anilines is 1. The van der Waals surface area contributed by atoms with Crippen LogP contribution in [0.25, 0.3) is 27.5 Å². The van der Waals surface area contributed by atoms with Gasteiger partial charge in [-0.3, -0.25) is 23.9 Å². The molecule has 8 heterocycles. The van der Waals surface area contributed by atoms with E-state index in [1.165, 1.54) is 11.8 Å². The molecule has 346 valence electrons. The van der Waals surface area contributed by atoms with E-state index in [4.69, 9.17) is 28.8 Å². The van der Waals surface area contributed by atoms with E-state index in [2.05, 4.69) is 54.2 Å². The summed E-state index contributed by atoms with van der Waals surface area (Å²) in [5.74, 6) is -0.355. The lowest BCUT2D eigenvalue weighted by Gasteiger charge is -2.35. The smallest absolute Gasteiger partial charge is 0.438 e. The fraction of sp³-hybridized carbons (Fsp3) is 0.429. The number of halogens is 2. The zero-order valence-corrected chi connectivity index (χ0v) is 38.3. The lowest BCUT2D eigenvalue weighted by Crippen LogP contribution is -2.42. The summed E-state index contributed by atoms with van der Waals surface area (Å²) in [6.07, 6.45) is 4.25. The third-order valence-corrected chi connectivity index (χ3v) is 14.9. The minimum atomic E-state index is -0.840.